The van der Waals surface area contributed by atoms with E-state index in [-0.39, 0.29) is 11.8 Å². The van der Waals surface area contributed by atoms with E-state index >= 15 is 0 Å². The van der Waals surface area contributed by atoms with Crippen LogP contribution in [0.1, 0.15) is 19.4 Å². The van der Waals surface area contributed by atoms with Gasteiger partial charge >= 0.3 is 0 Å². The molecular weight excluding hydrogens is 202 g/mol. The Labute approximate surface area is 94.0 Å². The van der Waals surface area contributed by atoms with Crippen LogP contribution in [0.3, 0.4) is 0 Å². The van der Waals surface area contributed by atoms with Crippen LogP contribution in [0.4, 0.5) is 0 Å². The lowest BCUT2D eigenvalue weighted by Crippen LogP contribution is -2.27. The number of hydrogen-bond acceptors (Lipinski definition) is 2. The highest BCUT2D eigenvalue weighted by Crippen LogP contribution is 2.12. The van der Waals surface area contributed by atoms with Crippen molar-refractivity contribution in [3.05, 3.63) is 30.0 Å². The van der Waals surface area contributed by atoms with Crippen molar-refractivity contribution in [1.29, 1.82) is 0 Å². The molecule has 0 fully saturated rings. The number of fused-ring (bicyclic) bond motifs is 1. The van der Waals surface area contributed by atoms with Gasteiger partial charge in [-0.05, 0) is 17.7 Å². The number of nitrogens with zero attached hydrogens (tertiary/aromatic N) is 1. The quantitative estimate of drug-likeness (QED) is 0.824. The first-order valence-electron chi connectivity index (χ1n) is 5.36. The molecule has 0 spiro atoms. The van der Waals surface area contributed by atoms with Gasteiger partial charge in [-0.15, -0.1) is 0 Å². The van der Waals surface area contributed by atoms with Gasteiger partial charge < -0.3 is 5.32 Å². The Morgan fingerprint density at radius 1 is 1.50 bits per heavy atom. The average molecular weight is 217 g/mol. The molecule has 0 saturated heterocycles. The number of rotatable bonds is 3. The summed E-state index contributed by atoms with van der Waals surface area (Å²) in [7, 11) is 0. The molecule has 0 bridgehead atoms. The minimum atomic E-state index is 0.0256. The fourth-order valence-corrected chi connectivity index (χ4v) is 1.50. The van der Waals surface area contributed by atoms with Gasteiger partial charge in [0.25, 0.3) is 0 Å². The number of aromatic amines is 1. The van der Waals surface area contributed by atoms with E-state index in [1.165, 1.54) is 0 Å². The summed E-state index contributed by atoms with van der Waals surface area (Å²) in [4.78, 5) is 11.4. The number of H-pyrrole nitrogens is 1. The number of aromatic nitrogens is 2. The van der Waals surface area contributed by atoms with Crippen LogP contribution in [0.25, 0.3) is 10.9 Å². The third-order valence-electron chi connectivity index (χ3n) is 2.50. The van der Waals surface area contributed by atoms with Gasteiger partial charge in [-0.1, -0.05) is 19.9 Å². The van der Waals surface area contributed by atoms with Crippen LogP contribution in [-0.4, -0.2) is 16.1 Å². The van der Waals surface area contributed by atoms with Gasteiger partial charge in [0, 0.05) is 17.8 Å². The summed E-state index contributed by atoms with van der Waals surface area (Å²) in [6.07, 6.45) is 1.78. The molecule has 2 N–H and O–H groups in total. The molecule has 0 unspecified atom stereocenters. The van der Waals surface area contributed by atoms with Crippen LogP contribution < -0.4 is 5.32 Å². The second-order valence-corrected chi connectivity index (χ2v) is 4.16. The van der Waals surface area contributed by atoms with Crippen LogP contribution >= 0.6 is 0 Å². The molecule has 0 atom stereocenters. The first-order valence-corrected chi connectivity index (χ1v) is 5.36. The SMILES string of the molecule is CC(C)C(=O)NCc1ccc2[nH]ncc2c1. The van der Waals surface area contributed by atoms with E-state index in [1.54, 1.807) is 6.20 Å². The molecule has 4 heteroatoms. The number of carbonyl (C=O) groups is 1. The molecule has 2 aromatic rings. The first-order chi connectivity index (χ1) is 7.66. The Balaban J connectivity index is 2.06. The van der Waals surface area contributed by atoms with Crippen molar-refractivity contribution in [3.8, 4) is 0 Å². The molecule has 4 nitrogen and oxygen atoms in total. The van der Waals surface area contributed by atoms with E-state index < -0.39 is 0 Å². The molecule has 0 saturated carbocycles. The average Bonchev–Trinajstić information content (AvgIpc) is 2.72. The Morgan fingerprint density at radius 3 is 3.06 bits per heavy atom. The van der Waals surface area contributed by atoms with E-state index in [1.807, 2.05) is 32.0 Å². The lowest BCUT2D eigenvalue weighted by molar-refractivity contribution is -0.124. The van der Waals surface area contributed by atoms with Crippen LogP contribution in [0.2, 0.25) is 0 Å². The maximum atomic E-state index is 11.4. The molecule has 2 rings (SSSR count). The van der Waals surface area contributed by atoms with E-state index in [9.17, 15) is 4.79 Å². The minimum absolute atomic E-state index is 0.0256. The van der Waals surface area contributed by atoms with Gasteiger partial charge in [-0.3, -0.25) is 9.89 Å². The van der Waals surface area contributed by atoms with Crippen molar-refractivity contribution >= 4 is 16.8 Å². The highest BCUT2D eigenvalue weighted by molar-refractivity contribution is 5.79. The molecular formula is C12H15N3O. The van der Waals surface area contributed by atoms with Crippen molar-refractivity contribution in [2.45, 2.75) is 20.4 Å². The zero-order chi connectivity index (χ0) is 11.5. The Bertz CT molecular complexity index is 502. The lowest BCUT2D eigenvalue weighted by Gasteiger charge is -2.07. The summed E-state index contributed by atoms with van der Waals surface area (Å²) >= 11 is 0. The number of amides is 1. The van der Waals surface area contributed by atoms with E-state index in [2.05, 4.69) is 15.5 Å². The van der Waals surface area contributed by atoms with Crippen molar-refractivity contribution in [1.82, 2.24) is 15.5 Å². The second kappa shape index (κ2) is 4.35. The fraction of sp³-hybridized carbons (Fsp3) is 0.333. The number of hydrogen-bond donors (Lipinski definition) is 2. The monoisotopic (exact) mass is 217 g/mol. The summed E-state index contributed by atoms with van der Waals surface area (Å²) in [5.74, 6) is 0.102. The fourth-order valence-electron chi connectivity index (χ4n) is 1.50. The van der Waals surface area contributed by atoms with Crippen LogP contribution in [0, 0.1) is 5.92 Å². The van der Waals surface area contributed by atoms with Gasteiger partial charge in [-0.2, -0.15) is 5.10 Å². The van der Waals surface area contributed by atoms with Crippen molar-refractivity contribution in [3.63, 3.8) is 0 Å². The van der Waals surface area contributed by atoms with Gasteiger partial charge in [-0.25, -0.2) is 0 Å². The largest absolute Gasteiger partial charge is 0.352 e. The minimum Gasteiger partial charge on any atom is -0.352 e. The molecule has 16 heavy (non-hydrogen) atoms. The van der Waals surface area contributed by atoms with E-state index in [0.29, 0.717) is 6.54 Å². The summed E-state index contributed by atoms with van der Waals surface area (Å²) < 4.78 is 0. The molecule has 1 aromatic carbocycles. The summed E-state index contributed by atoms with van der Waals surface area (Å²) in [5.41, 5.74) is 2.10. The zero-order valence-corrected chi connectivity index (χ0v) is 9.45. The Kier molecular flexibility index (Phi) is 2.90. The molecule has 0 radical (unpaired) electrons. The van der Waals surface area contributed by atoms with Crippen LogP contribution in [0.15, 0.2) is 24.4 Å². The second-order valence-electron chi connectivity index (χ2n) is 4.16. The predicted octanol–water partition coefficient (Wildman–Crippen LogP) is 1.84. The van der Waals surface area contributed by atoms with Gasteiger partial charge in [0.2, 0.25) is 5.91 Å². The summed E-state index contributed by atoms with van der Waals surface area (Å²) in [6.45, 7) is 4.33. The summed E-state index contributed by atoms with van der Waals surface area (Å²) in [6, 6.07) is 5.99. The normalized spacial score (nSPS) is 10.9. The van der Waals surface area contributed by atoms with Crippen molar-refractivity contribution in [2.24, 2.45) is 5.92 Å². The molecule has 0 aliphatic carbocycles. The third-order valence-corrected chi connectivity index (χ3v) is 2.50. The number of benzene rings is 1. The van der Waals surface area contributed by atoms with Crippen molar-refractivity contribution < 1.29 is 4.79 Å². The Hall–Kier alpha value is -1.84. The molecule has 1 aromatic heterocycles. The van der Waals surface area contributed by atoms with Crippen molar-refractivity contribution in [2.75, 3.05) is 0 Å². The third kappa shape index (κ3) is 2.21. The predicted molar refractivity (Wildman–Crippen MR) is 62.8 cm³/mol. The zero-order valence-electron chi connectivity index (χ0n) is 9.45. The molecule has 1 heterocycles. The number of carbonyl (C=O) groups excluding carboxylic acids is 1. The highest BCUT2D eigenvalue weighted by atomic mass is 16.1. The number of nitrogens with one attached hydrogen (secondary N) is 2. The van der Waals surface area contributed by atoms with E-state index in [4.69, 9.17) is 0 Å². The summed E-state index contributed by atoms with van der Waals surface area (Å²) in [5, 5.41) is 10.8. The molecule has 84 valence electrons. The van der Waals surface area contributed by atoms with Crippen LogP contribution in [-0.2, 0) is 11.3 Å². The van der Waals surface area contributed by atoms with Gasteiger partial charge in [0.15, 0.2) is 0 Å². The highest BCUT2D eigenvalue weighted by Gasteiger charge is 2.06. The van der Waals surface area contributed by atoms with Crippen LogP contribution in [0.5, 0.6) is 0 Å². The van der Waals surface area contributed by atoms with E-state index in [0.717, 1.165) is 16.5 Å². The Morgan fingerprint density at radius 2 is 2.31 bits per heavy atom. The van der Waals surface area contributed by atoms with Gasteiger partial charge in [0.05, 0.1) is 11.7 Å². The lowest BCUT2D eigenvalue weighted by atomic mass is 10.1. The standard InChI is InChI=1S/C12H15N3O/c1-8(2)12(16)13-6-9-3-4-11-10(5-9)7-14-15-11/h3-5,7-8H,6H2,1-2H3,(H,13,16)(H,14,15). The molecule has 1 amide bonds. The van der Waals surface area contributed by atoms with Gasteiger partial charge in [0.1, 0.15) is 0 Å². The first kappa shape index (κ1) is 10.7. The molecule has 0 aliphatic rings. The maximum absolute atomic E-state index is 11.4. The molecule has 0 aliphatic heterocycles. The maximum Gasteiger partial charge on any atom is 0.222 e. The topological polar surface area (TPSA) is 57.8 Å². The smallest absolute Gasteiger partial charge is 0.222 e.